The number of hydrogen-bond acceptors (Lipinski definition) is 6. The summed E-state index contributed by atoms with van der Waals surface area (Å²) in [6.07, 6.45) is 0.750. The van der Waals surface area contributed by atoms with E-state index in [2.05, 4.69) is 9.73 Å². The van der Waals surface area contributed by atoms with Gasteiger partial charge in [0.2, 0.25) is 0 Å². The van der Waals surface area contributed by atoms with Crippen LogP contribution in [0.2, 0.25) is 10.0 Å². The molecule has 0 aliphatic carbocycles. The van der Waals surface area contributed by atoms with E-state index < -0.39 is 23.6 Å². The molecule has 0 fully saturated rings. The van der Waals surface area contributed by atoms with Crippen LogP contribution in [0.15, 0.2) is 17.1 Å². The van der Waals surface area contributed by atoms with E-state index >= 15 is 0 Å². The quantitative estimate of drug-likeness (QED) is 0.431. The van der Waals surface area contributed by atoms with Gasteiger partial charge in [0.1, 0.15) is 5.78 Å². The average Bonchev–Trinajstić information content (AvgIpc) is 2.48. The number of hydrogen-bond donors (Lipinski definition) is 0. The van der Waals surface area contributed by atoms with Crippen LogP contribution in [0.25, 0.3) is 0 Å². The van der Waals surface area contributed by atoms with Crippen LogP contribution in [-0.4, -0.2) is 37.2 Å². The van der Waals surface area contributed by atoms with Gasteiger partial charge in [-0.1, -0.05) is 23.2 Å². The number of aliphatic imine (C=N–C) groups is 1. The van der Waals surface area contributed by atoms with Gasteiger partial charge in [-0.05, 0) is 32.9 Å². The second kappa shape index (κ2) is 8.80. The monoisotopic (exact) mass is 373 g/mol. The Balaban J connectivity index is 3.19. The molecule has 8 heteroatoms. The molecule has 1 unspecified atom stereocenters. The minimum atomic E-state index is -1.18. The van der Waals surface area contributed by atoms with Crippen LogP contribution in [0.3, 0.4) is 0 Å². The third-order valence-corrected chi connectivity index (χ3v) is 3.45. The number of ether oxygens (including phenoxy) is 2. The number of benzene rings is 1. The number of carbonyl (C=O) groups is 3. The molecule has 130 valence electrons. The van der Waals surface area contributed by atoms with Gasteiger partial charge in [0.25, 0.3) is 0 Å². The highest BCUT2D eigenvalue weighted by atomic mass is 35.5. The Morgan fingerprint density at radius 2 is 1.83 bits per heavy atom. The zero-order valence-corrected chi connectivity index (χ0v) is 15.1. The summed E-state index contributed by atoms with van der Waals surface area (Å²) in [5.74, 6) is -3.01. The van der Waals surface area contributed by atoms with E-state index in [4.69, 9.17) is 27.9 Å². The van der Waals surface area contributed by atoms with Crippen molar-refractivity contribution in [3.05, 3.63) is 27.7 Å². The first-order valence-electron chi connectivity index (χ1n) is 6.99. The van der Waals surface area contributed by atoms with Gasteiger partial charge in [0.15, 0.2) is 5.92 Å². The molecular formula is C16H17Cl2NO5. The Morgan fingerprint density at radius 1 is 1.21 bits per heavy atom. The average molecular weight is 374 g/mol. The Labute approximate surface area is 149 Å². The first-order chi connectivity index (χ1) is 11.2. The van der Waals surface area contributed by atoms with Gasteiger partial charge >= 0.3 is 11.9 Å². The van der Waals surface area contributed by atoms with Gasteiger partial charge in [-0.25, -0.2) is 4.79 Å². The normalized spacial score (nSPS) is 12.3. The summed E-state index contributed by atoms with van der Waals surface area (Å²) in [5.41, 5.74) is 0.163. The van der Waals surface area contributed by atoms with Gasteiger partial charge in [-0.3, -0.25) is 14.6 Å². The Kier molecular flexibility index (Phi) is 7.38. The molecule has 0 heterocycles. The summed E-state index contributed by atoms with van der Waals surface area (Å²) in [6, 6.07) is 2.74. The van der Waals surface area contributed by atoms with E-state index in [1.165, 1.54) is 26.2 Å². The molecule has 6 nitrogen and oxygen atoms in total. The summed E-state index contributed by atoms with van der Waals surface area (Å²) in [6.45, 7) is 4.59. The van der Waals surface area contributed by atoms with Crippen molar-refractivity contribution in [1.29, 1.82) is 0 Å². The van der Waals surface area contributed by atoms with Gasteiger partial charge in [-0.2, -0.15) is 0 Å². The number of ketones is 1. The molecule has 0 aromatic heterocycles. The van der Waals surface area contributed by atoms with Crippen molar-refractivity contribution in [2.24, 2.45) is 10.9 Å². The van der Waals surface area contributed by atoms with Crippen LogP contribution in [-0.2, 0) is 19.1 Å². The smallest absolute Gasteiger partial charge is 0.339 e. The lowest BCUT2D eigenvalue weighted by Gasteiger charge is -2.12. The van der Waals surface area contributed by atoms with Crippen molar-refractivity contribution in [1.82, 2.24) is 0 Å². The summed E-state index contributed by atoms with van der Waals surface area (Å²) in [4.78, 5) is 39.3. The van der Waals surface area contributed by atoms with E-state index in [1.54, 1.807) is 13.8 Å². The lowest BCUT2D eigenvalue weighted by atomic mass is 10.1. The van der Waals surface area contributed by atoms with Crippen molar-refractivity contribution >= 4 is 52.8 Å². The van der Waals surface area contributed by atoms with Gasteiger partial charge < -0.3 is 9.47 Å². The lowest BCUT2D eigenvalue weighted by molar-refractivity contribution is -0.151. The highest BCUT2D eigenvalue weighted by molar-refractivity contribution is 6.38. The van der Waals surface area contributed by atoms with Crippen LogP contribution in [0.1, 0.15) is 31.1 Å². The molecule has 0 N–H and O–H groups in total. The molecule has 0 bridgehead atoms. The van der Waals surface area contributed by atoms with Gasteiger partial charge in [0, 0.05) is 11.2 Å². The van der Waals surface area contributed by atoms with Crippen molar-refractivity contribution in [3.8, 4) is 0 Å². The molecule has 0 amide bonds. The fourth-order valence-electron chi connectivity index (χ4n) is 1.72. The number of Topliss-reactive ketones (excluding diaryl/α,β-unsaturated/α-hetero) is 1. The highest BCUT2D eigenvalue weighted by Gasteiger charge is 2.24. The summed E-state index contributed by atoms with van der Waals surface area (Å²) >= 11 is 12.0. The Bertz CT molecular complexity index is 685. The predicted molar refractivity (Wildman–Crippen MR) is 91.4 cm³/mol. The van der Waals surface area contributed by atoms with Crippen LogP contribution >= 0.6 is 23.2 Å². The molecule has 1 aromatic rings. The van der Waals surface area contributed by atoms with Crippen LogP contribution in [0, 0.1) is 5.92 Å². The highest BCUT2D eigenvalue weighted by Crippen LogP contribution is 2.32. The minimum Gasteiger partial charge on any atom is -0.465 e. The maximum atomic E-state index is 11.9. The lowest BCUT2D eigenvalue weighted by Crippen LogP contribution is -2.27. The predicted octanol–water partition coefficient (Wildman–Crippen LogP) is 3.64. The minimum absolute atomic E-state index is 0.00188. The topological polar surface area (TPSA) is 82.0 Å². The van der Waals surface area contributed by atoms with E-state index in [9.17, 15) is 14.4 Å². The zero-order chi connectivity index (χ0) is 18.4. The van der Waals surface area contributed by atoms with Crippen molar-refractivity contribution in [3.63, 3.8) is 0 Å². The van der Waals surface area contributed by atoms with Gasteiger partial charge in [0.05, 0.1) is 29.5 Å². The molecule has 0 saturated carbocycles. The molecular weight excluding hydrogens is 357 g/mol. The van der Waals surface area contributed by atoms with Crippen LogP contribution < -0.4 is 0 Å². The largest absolute Gasteiger partial charge is 0.465 e. The number of carbonyl (C=O) groups excluding carboxylic acids is 3. The second-order valence-corrected chi connectivity index (χ2v) is 5.94. The number of halogens is 2. The number of rotatable bonds is 6. The number of esters is 2. The fraction of sp³-hybridized carbons (Fsp3) is 0.375. The first kappa shape index (κ1) is 20.1. The maximum absolute atomic E-state index is 11.9. The molecule has 24 heavy (non-hydrogen) atoms. The zero-order valence-electron chi connectivity index (χ0n) is 13.6. The van der Waals surface area contributed by atoms with Crippen molar-refractivity contribution in [2.75, 3.05) is 7.11 Å². The SMILES string of the molecule is COC(=O)c1cc(Cl)cc(N=CC(C(C)=O)C(=O)OC(C)C)c1Cl. The molecule has 1 atom stereocenters. The molecule has 0 radical (unpaired) electrons. The summed E-state index contributed by atoms with van der Waals surface area (Å²) in [7, 11) is 1.20. The third kappa shape index (κ3) is 5.32. The van der Waals surface area contributed by atoms with Crippen LogP contribution in [0.4, 0.5) is 5.69 Å². The third-order valence-electron chi connectivity index (χ3n) is 2.83. The van der Waals surface area contributed by atoms with E-state index in [0.717, 1.165) is 6.21 Å². The van der Waals surface area contributed by atoms with E-state index in [-0.39, 0.29) is 27.4 Å². The van der Waals surface area contributed by atoms with E-state index in [0.29, 0.717) is 0 Å². The summed E-state index contributed by atoms with van der Waals surface area (Å²) in [5, 5.41) is 0.207. The first-order valence-corrected chi connectivity index (χ1v) is 7.75. The molecule has 0 aliphatic heterocycles. The van der Waals surface area contributed by atoms with Crippen molar-refractivity contribution < 1.29 is 23.9 Å². The summed E-state index contributed by atoms with van der Waals surface area (Å²) < 4.78 is 9.62. The fourth-order valence-corrected chi connectivity index (χ4v) is 2.17. The van der Waals surface area contributed by atoms with Crippen molar-refractivity contribution in [2.45, 2.75) is 26.9 Å². The second-order valence-electron chi connectivity index (χ2n) is 5.13. The molecule has 0 saturated heterocycles. The Morgan fingerprint density at radius 3 is 2.33 bits per heavy atom. The number of nitrogens with zero attached hydrogens (tertiary/aromatic N) is 1. The molecule has 0 aliphatic rings. The Hall–Kier alpha value is -1.92. The maximum Gasteiger partial charge on any atom is 0.339 e. The molecule has 1 rings (SSSR count). The number of methoxy groups -OCH3 is 1. The van der Waals surface area contributed by atoms with Gasteiger partial charge in [-0.15, -0.1) is 0 Å². The molecule has 1 aromatic carbocycles. The standard InChI is InChI=1S/C16H17Cl2NO5/c1-8(2)24-16(22)12(9(3)20)7-19-13-6-10(17)5-11(14(13)18)15(21)23-4/h5-8,12H,1-4H3. The van der Waals surface area contributed by atoms with Crippen LogP contribution in [0.5, 0.6) is 0 Å². The molecule has 0 spiro atoms. The van der Waals surface area contributed by atoms with E-state index in [1.807, 2.05) is 0 Å².